The average Bonchev–Trinajstić information content (AvgIpc) is 3.78. The van der Waals surface area contributed by atoms with Gasteiger partial charge in [-0.1, -0.05) is 72.8 Å². The van der Waals surface area contributed by atoms with Crippen LogP contribution in [0.5, 0.6) is 16.7 Å². The van der Waals surface area contributed by atoms with E-state index < -0.39 is 0 Å². The van der Waals surface area contributed by atoms with Gasteiger partial charge in [-0.2, -0.15) is 0 Å². The average molecular weight is 602 g/mol. The smallest absolute Gasteiger partial charge is 0.294 e. The Labute approximate surface area is 257 Å². The summed E-state index contributed by atoms with van der Waals surface area (Å²) in [5.41, 5.74) is 5.94. The van der Waals surface area contributed by atoms with Gasteiger partial charge in [-0.15, -0.1) is 5.10 Å². The largest absolute Gasteiger partial charge is 0.496 e. The highest BCUT2D eigenvalue weighted by Gasteiger charge is 2.17. The number of hydrogen-bond donors (Lipinski definition) is 0. The fourth-order valence-corrected chi connectivity index (χ4v) is 5.81. The molecule has 9 heteroatoms. The van der Waals surface area contributed by atoms with Gasteiger partial charge in [-0.05, 0) is 45.7 Å². The number of ketones is 1. The van der Waals surface area contributed by atoms with Crippen molar-refractivity contribution in [3.63, 3.8) is 0 Å². The summed E-state index contributed by atoms with van der Waals surface area (Å²) in [6.45, 7) is 0.304. The van der Waals surface area contributed by atoms with E-state index in [1.165, 1.54) is 11.3 Å². The van der Waals surface area contributed by atoms with Crippen molar-refractivity contribution in [3.8, 4) is 39.3 Å². The second kappa shape index (κ2) is 11.7. The zero-order valence-corrected chi connectivity index (χ0v) is 24.8. The van der Waals surface area contributed by atoms with Gasteiger partial charge in [0.15, 0.2) is 11.5 Å². The Kier molecular flexibility index (Phi) is 7.29. The van der Waals surface area contributed by atoms with Crippen molar-refractivity contribution >= 4 is 33.1 Å². The molecule has 0 spiro atoms. The van der Waals surface area contributed by atoms with Gasteiger partial charge in [0.25, 0.3) is 5.19 Å². The molecular formula is C35H27N3O5S. The lowest BCUT2D eigenvalue weighted by atomic mass is 9.98. The highest BCUT2D eigenvalue weighted by Crippen LogP contribution is 2.37. The van der Waals surface area contributed by atoms with Crippen LogP contribution < -0.4 is 14.2 Å². The quantitative estimate of drug-likeness (QED) is 0.147. The number of rotatable bonds is 10. The summed E-state index contributed by atoms with van der Waals surface area (Å²) in [5.74, 6) is 1.89. The highest BCUT2D eigenvalue weighted by atomic mass is 32.1. The topological polar surface area (TPSA) is 88.1 Å². The molecule has 0 unspecified atom stereocenters. The molecule has 0 bridgehead atoms. The molecule has 44 heavy (non-hydrogen) atoms. The van der Waals surface area contributed by atoms with E-state index in [0.29, 0.717) is 57.3 Å². The maximum absolute atomic E-state index is 13.2. The van der Waals surface area contributed by atoms with Crippen LogP contribution in [0.25, 0.3) is 38.5 Å². The molecule has 4 aromatic carbocycles. The van der Waals surface area contributed by atoms with Crippen LogP contribution in [-0.2, 0) is 13.0 Å². The van der Waals surface area contributed by atoms with Crippen molar-refractivity contribution in [2.75, 3.05) is 14.2 Å². The molecule has 7 aromatic rings. The van der Waals surface area contributed by atoms with Crippen molar-refractivity contribution in [2.24, 2.45) is 0 Å². The summed E-state index contributed by atoms with van der Waals surface area (Å²) in [7, 11) is 3.18. The molecule has 0 fully saturated rings. The second-order valence-electron chi connectivity index (χ2n) is 10.2. The third-order valence-electron chi connectivity index (χ3n) is 7.30. The molecule has 8 nitrogen and oxygen atoms in total. The van der Waals surface area contributed by atoms with E-state index in [0.717, 1.165) is 27.6 Å². The summed E-state index contributed by atoms with van der Waals surface area (Å²) in [4.78, 5) is 18.6. The van der Waals surface area contributed by atoms with E-state index in [-0.39, 0.29) is 5.78 Å². The predicted molar refractivity (Wildman–Crippen MR) is 170 cm³/mol. The minimum absolute atomic E-state index is 0.0640. The second-order valence-corrected chi connectivity index (χ2v) is 11.1. The van der Waals surface area contributed by atoms with E-state index >= 15 is 0 Å². The molecule has 7 rings (SSSR count). The molecule has 0 aliphatic heterocycles. The number of Topliss-reactive ketones (excluding diaryl/α,β-unsaturated/α-hetero) is 1. The molecular weight excluding hydrogens is 574 g/mol. The van der Waals surface area contributed by atoms with Crippen LogP contribution in [0, 0.1) is 0 Å². The third kappa shape index (κ3) is 5.52. The number of fused-ring (bicyclic) bond motifs is 2. The monoisotopic (exact) mass is 601 g/mol. The lowest BCUT2D eigenvalue weighted by Crippen LogP contribution is -2.05. The van der Waals surface area contributed by atoms with Crippen LogP contribution in [0.4, 0.5) is 0 Å². The zero-order chi connectivity index (χ0) is 30.0. The molecule has 218 valence electrons. The van der Waals surface area contributed by atoms with Gasteiger partial charge in [-0.3, -0.25) is 4.79 Å². The first kappa shape index (κ1) is 27.4. The van der Waals surface area contributed by atoms with Gasteiger partial charge in [0.1, 0.15) is 29.4 Å². The summed E-state index contributed by atoms with van der Waals surface area (Å²) in [6.07, 6.45) is 2.10. The van der Waals surface area contributed by atoms with Crippen molar-refractivity contribution < 1.29 is 23.4 Å². The van der Waals surface area contributed by atoms with E-state index in [1.54, 1.807) is 24.9 Å². The maximum Gasteiger partial charge on any atom is 0.294 e. The van der Waals surface area contributed by atoms with Gasteiger partial charge < -0.3 is 18.6 Å². The summed E-state index contributed by atoms with van der Waals surface area (Å²) >= 11 is 1.35. The Balaban J connectivity index is 1.09. The molecule has 0 N–H and O–H groups in total. The van der Waals surface area contributed by atoms with Crippen LogP contribution in [-0.4, -0.2) is 34.6 Å². The SMILES string of the molecule is COc1cc(OCc2cccc(CC(=O)c3cccc(-c4ccccc4)c3)c2)c2cc(-c3cn4nc(OC)sc4n3)oc2c1. The minimum atomic E-state index is 0.0640. The first-order chi connectivity index (χ1) is 21.6. The lowest BCUT2D eigenvalue weighted by Gasteiger charge is -2.10. The number of carbonyl (C=O) groups excluding carboxylic acids is 1. The Hall–Kier alpha value is -5.41. The summed E-state index contributed by atoms with van der Waals surface area (Å²) < 4.78 is 24.8. The van der Waals surface area contributed by atoms with Crippen molar-refractivity contribution in [2.45, 2.75) is 13.0 Å². The molecule has 3 heterocycles. The van der Waals surface area contributed by atoms with Gasteiger partial charge in [0, 0.05) is 24.1 Å². The summed E-state index contributed by atoms with van der Waals surface area (Å²) in [6, 6.07) is 31.3. The van der Waals surface area contributed by atoms with E-state index in [9.17, 15) is 4.79 Å². The standard InChI is InChI=1S/C35H27N3O5S/c1-40-27-17-31(28-19-33(43-32(28)18-27)29-20-38-34(36-29)44-35(37-38)41-2)42-21-23-9-6-8-22(14-23)15-30(39)26-13-7-12-25(16-26)24-10-4-3-5-11-24/h3-14,16-20H,15,21H2,1-2H3. The van der Waals surface area contributed by atoms with E-state index in [1.807, 2.05) is 97.1 Å². The Morgan fingerprint density at radius 2 is 1.68 bits per heavy atom. The fraction of sp³-hybridized carbons (Fsp3) is 0.114. The number of ether oxygens (including phenoxy) is 3. The molecule has 3 aromatic heterocycles. The maximum atomic E-state index is 13.2. The van der Waals surface area contributed by atoms with E-state index in [2.05, 4.69) is 10.1 Å². The van der Waals surface area contributed by atoms with Crippen LogP contribution in [0.3, 0.4) is 0 Å². The summed E-state index contributed by atoms with van der Waals surface area (Å²) in [5, 5.41) is 5.68. The van der Waals surface area contributed by atoms with Crippen LogP contribution in [0.1, 0.15) is 21.5 Å². The van der Waals surface area contributed by atoms with Crippen molar-refractivity contribution in [1.82, 2.24) is 14.6 Å². The van der Waals surface area contributed by atoms with Gasteiger partial charge in [-0.25, -0.2) is 9.50 Å². The fourth-order valence-electron chi connectivity index (χ4n) is 5.11. The van der Waals surface area contributed by atoms with Gasteiger partial charge >= 0.3 is 0 Å². The Morgan fingerprint density at radius 3 is 2.50 bits per heavy atom. The Morgan fingerprint density at radius 1 is 0.864 bits per heavy atom. The minimum Gasteiger partial charge on any atom is -0.496 e. The number of furan rings is 1. The molecule has 0 radical (unpaired) electrons. The number of hydrogen-bond acceptors (Lipinski definition) is 8. The zero-order valence-electron chi connectivity index (χ0n) is 24.0. The van der Waals surface area contributed by atoms with E-state index in [4.69, 9.17) is 18.6 Å². The number of imidazole rings is 1. The molecule has 0 aliphatic carbocycles. The number of aromatic nitrogens is 3. The van der Waals surface area contributed by atoms with Gasteiger partial charge in [0.05, 0.1) is 25.8 Å². The lowest BCUT2D eigenvalue weighted by molar-refractivity contribution is 0.0993. The molecule has 0 saturated carbocycles. The van der Waals surface area contributed by atoms with Crippen LogP contribution in [0.15, 0.2) is 108 Å². The third-order valence-corrected chi connectivity index (χ3v) is 8.19. The number of methoxy groups -OCH3 is 2. The van der Waals surface area contributed by atoms with Crippen molar-refractivity contribution in [1.29, 1.82) is 0 Å². The number of carbonyl (C=O) groups is 1. The molecule has 0 saturated heterocycles. The van der Waals surface area contributed by atoms with Crippen LogP contribution in [0.2, 0.25) is 0 Å². The normalized spacial score (nSPS) is 11.2. The molecule has 0 aliphatic rings. The van der Waals surface area contributed by atoms with Crippen LogP contribution >= 0.6 is 11.3 Å². The first-order valence-electron chi connectivity index (χ1n) is 14.0. The first-order valence-corrected chi connectivity index (χ1v) is 14.8. The Bertz CT molecular complexity index is 2080. The number of benzene rings is 4. The predicted octanol–water partition coefficient (Wildman–Crippen LogP) is 7.89. The highest BCUT2D eigenvalue weighted by molar-refractivity contribution is 7.18. The van der Waals surface area contributed by atoms with Gasteiger partial charge in [0.2, 0.25) is 4.96 Å². The molecule has 0 amide bonds. The number of nitrogens with zero attached hydrogens (tertiary/aromatic N) is 3. The van der Waals surface area contributed by atoms with Crippen molar-refractivity contribution in [3.05, 3.63) is 120 Å². The molecule has 0 atom stereocenters.